The molecule has 112 valence electrons. The average molecular weight is 299 g/mol. The third-order valence-electron chi connectivity index (χ3n) is 2.62. The van der Waals surface area contributed by atoms with Gasteiger partial charge in [0.25, 0.3) is 0 Å². The van der Waals surface area contributed by atoms with Crippen molar-refractivity contribution in [2.75, 3.05) is 5.32 Å². The zero-order valence-corrected chi connectivity index (χ0v) is 11.4. The van der Waals surface area contributed by atoms with E-state index in [0.717, 1.165) is 12.3 Å². The third-order valence-corrected chi connectivity index (χ3v) is 2.62. The van der Waals surface area contributed by atoms with E-state index in [0.29, 0.717) is 5.69 Å². The summed E-state index contributed by atoms with van der Waals surface area (Å²) < 4.78 is 0. The van der Waals surface area contributed by atoms with Crippen molar-refractivity contribution in [3.8, 4) is 11.5 Å². The summed E-state index contributed by atoms with van der Waals surface area (Å²) in [4.78, 5) is 23.1. The third kappa shape index (κ3) is 4.07. The van der Waals surface area contributed by atoms with Gasteiger partial charge in [-0.05, 0) is 24.3 Å². The van der Waals surface area contributed by atoms with E-state index in [9.17, 15) is 14.7 Å². The number of hydrogen-bond acceptors (Lipinski definition) is 5. The summed E-state index contributed by atoms with van der Waals surface area (Å²) in [6, 6.07) is 12.4. The molecule has 0 aliphatic heterocycles. The molecule has 2 aromatic rings. The SMILES string of the molecule is O=C(NN=Cc1ccc(O)cc1O)C(=O)Nc1ccccc1. The molecular formula is C15H13N3O4. The molecule has 0 saturated carbocycles. The highest BCUT2D eigenvalue weighted by atomic mass is 16.3. The standard InChI is InChI=1S/C15H13N3O4/c19-12-7-6-10(13(20)8-12)9-16-18-15(22)14(21)17-11-4-2-1-3-5-11/h1-9,19-20H,(H,17,21)(H,18,22). The van der Waals surface area contributed by atoms with Crippen LogP contribution in [0.2, 0.25) is 0 Å². The van der Waals surface area contributed by atoms with E-state index in [1.54, 1.807) is 30.3 Å². The fourth-order valence-corrected chi connectivity index (χ4v) is 1.56. The lowest BCUT2D eigenvalue weighted by Crippen LogP contribution is -2.32. The van der Waals surface area contributed by atoms with Crippen molar-refractivity contribution < 1.29 is 19.8 Å². The summed E-state index contributed by atoms with van der Waals surface area (Å²) in [5.41, 5.74) is 2.81. The van der Waals surface area contributed by atoms with Gasteiger partial charge in [0, 0.05) is 17.3 Å². The van der Waals surface area contributed by atoms with Crippen molar-refractivity contribution in [2.24, 2.45) is 5.10 Å². The van der Waals surface area contributed by atoms with Crippen LogP contribution in [-0.2, 0) is 9.59 Å². The highest BCUT2D eigenvalue weighted by Gasteiger charge is 2.12. The summed E-state index contributed by atoms with van der Waals surface area (Å²) in [5, 5.41) is 24.6. The van der Waals surface area contributed by atoms with Gasteiger partial charge in [0.1, 0.15) is 11.5 Å². The van der Waals surface area contributed by atoms with Crippen LogP contribution in [0, 0.1) is 0 Å². The molecule has 0 spiro atoms. The zero-order chi connectivity index (χ0) is 15.9. The molecule has 7 nitrogen and oxygen atoms in total. The maximum Gasteiger partial charge on any atom is 0.329 e. The minimum atomic E-state index is -0.946. The van der Waals surface area contributed by atoms with Gasteiger partial charge in [-0.15, -0.1) is 0 Å². The fraction of sp³-hybridized carbons (Fsp3) is 0. The summed E-state index contributed by atoms with van der Waals surface area (Å²) in [7, 11) is 0. The Morgan fingerprint density at radius 3 is 2.41 bits per heavy atom. The van der Waals surface area contributed by atoms with Crippen LogP contribution in [0.4, 0.5) is 5.69 Å². The van der Waals surface area contributed by atoms with E-state index in [1.165, 1.54) is 12.1 Å². The van der Waals surface area contributed by atoms with Crippen LogP contribution in [0.25, 0.3) is 0 Å². The molecule has 0 saturated heterocycles. The van der Waals surface area contributed by atoms with Gasteiger partial charge in [-0.25, -0.2) is 5.43 Å². The molecule has 0 aliphatic carbocycles. The van der Waals surface area contributed by atoms with E-state index < -0.39 is 11.8 Å². The number of phenols is 2. The van der Waals surface area contributed by atoms with Crippen molar-refractivity contribution >= 4 is 23.7 Å². The lowest BCUT2D eigenvalue weighted by atomic mass is 10.2. The Morgan fingerprint density at radius 1 is 1.00 bits per heavy atom. The second-order valence-electron chi connectivity index (χ2n) is 4.26. The Kier molecular flexibility index (Phi) is 4.71. The number of benzene rings is 2. The van der Waals surface area contributed by atoms with Crippen LogP contribution >= 0.6 is 0 Å². The number of carbonyl (C=O) groups is 2. The van der Waals surface area contributed by atoms with Gasteiger partial charge in [-0.3, -0.25) is 9.59 Å². The van der Waals surface area contributed by atoms with Gasteiger partial charge < -0.3 is 15.5 Å². The lowest BCUT2D eigenvalue weighted by Gasteiger charge is -2.03. The van der Waals surface area contributed by atoms with Crippen LogP contribution in [-0.4, -0.2) is 28.2 Å². The van der Waals surface area contributed by atoms with E-state index in [4.69, 9.17) is 5.11 Å². The number of aromatic hydroxyl groups is 2. The minimum Gasteiger partial charge on any atom is -0.508 e. The van der Waals surface area contributed by atoms with E-state index in [-0.39, 0.29) is 17.1 Å². The number of hydrogen-bond donors (Lipinski definition) is 4. The van der Waals surface area contributed by atoms with Gasteiger partial charge in [0.2, 0.25) is 0 Å². The van der Waals surface area contributed by atoms with Gasteiger partial charge in [-0.2, -0.15) is 5.10 Å². The number of carbonyl (C=O) groups excluding carboxylic acids is 2. The van der Waals surface area contributed by atoms with Crippen molar-refractivity contribution in [1.82, 2.24) is 5.43 Å². The largest absolute Gasteiger partial charge is 0.508 e. The Hall–Kier alpha value is -3.35. The molecule has 2 rings (SSSR count). The molecule has 0 bridgehead atoms. The Balaban J connectivity index is 1.92. The number of phenolic OH excluding ortho intramolecular Hbond substituents is 2. The molecule has 2 aromatic carbocycles. The molecule has 7 heteroatoms. The Labute approximate surface area is 125 Å². The Morgan fingerprint density at radius 2 is 1.73 bits per heavy atom. The number of amides is 2. The van der Waals surface area contributed by atoms with Crippen molar-refractivity contribution in [1.29, 1.82) is 0 Å². The average Bonchev–Trinajstić information content (AvgIpc) is 2.50. The molecule has 22 heavy (non-hydrogen) atoms. The second-order valence-corrected chi connectivity index (χ2v) is 4.26. The first-order valence-corrected chi connectivity index (χ1v) is 6.27. The first-order chi connectivity index (χ1) is 10.6. The van der Waals surface area contributed by atoms with Crippen molar-refractivity contribution in [3.05, 3.63) is 54.1 Å². The summed E-state index contributed by atoms with van der Waals surface area (Å²) in [5.74, 6) is -2.11. The monoisotopic (exact) mass is 299 g/mol. The fourth-order valence-electron chi connectivity index (χ4n) is 1.56. The van der Waals surface area contributed by atoms with Crippen molar-refractivity contribution in [2.45, 2.75) is 0 Å². The summed E-state index contributed by atoms with van der Waals surface area (Å²) >= 11 is 0. The molecule has 0 aliphatic rings. The highest BCUT2D eigenvalue weighted by molar-refractivity contribution is 6.39. The number of hydrazone groups is 1. The predicted molar refractivity (Wildman–Crippen MR) is 80.6 cm³/mol. The van der Waals surface area contributed by atoms with Crippen LogP contribution in [0.1, 0.15) is 5.56 Å². The lowest BCUT2D eigenvalue weighted by molar-refractivity contribution is -0.136. The zero-order valence-electron chi connectivity index (χ0n) is 11.4. The molecule has 2 amide bonds. The van der Waals surface area contributed by atoms with E-state index in [1.807, 2.05) is 5.43 Å². The summed E-state index contributed by atoms with van der Waals surface area (Å²) in [6.45, 7) is 0. The molecule has 0 unspecified atom stereocenters. The number of rotatable bonds is 3. The van der Waals surface area contributed by atoms with Gasteiger partial charge in [-0.1, -0.05) is 18.2 Å². The number of nitrogens with one attached hydrogen (secondary N) is 2. The van der Waals surface area contributed by atoms with E-state index >= 15 is 0 Å². The molecule has 0 heterocycles. The molecular weight excluding hydrogens is 286 g/mol. The molecule has 0 aromatic heterocycles. The first kappa shape index (κ1) is 15.0. The number of para-hydroxylation sites is 1. The number of nitrogens with zero attached hydrogens (tertiary/aromatic N) is 1. The maximum atomic E-state index is 11.6. The highest BCUT2D eigenvalue weighted by Crippen LogP contribution is 2.20. The second kappa shape index (κ2) is 6.89. The molecule has 0 atom stereocenters. The quantitative estimate of drug-likeness (QED) is 0.387. The van der Waals surface area contributed by atoms with Crippen LogP contribution in [0.3, 0.4) is 0 Å². The normalized spacial score (nSPS) is 10.4. The maximum absolute atomic E-state index is 11.6. The van der Waals surface area contributed by atoms with Gasteiger partial charge in [0.05, 0.1) is 6.21 Å². The first-order valence-electron chi connectivity index (χ1n) is 6.27. The Bertz CT molecular complexity index is 714. The van der Waals surface area contributed by atoms with E-state index in [2.05, 4.69) is 10.4 Å². The molecule has 0 fully saturated rings. The topological polar surface area (TPSA) is 111 Å². The van der Waals surface area contributed by atoms with Gasteiger partial charge in [0.15, 0.2) is 0 Å². The number of anilines is 1. The van der Waals surface area contributed by atoms with Crippen molar-refractivity contribution in [3.63, 3.8) is 0 Å². The van der Waals surface area contributed by atoms with Crippen LogP contribution in [0.5, 0.6) is 11.5 Å². The van der Waals surface area contributed by atoms with Crippen LogP contribution < -0.4 is 10.7 Å². The van der Waals surface area contributed by atoms with Gasteiger partial charge >= 0.3 is 11.8 Å². The molecule has 4 N–H and O–H groups in total. The smallest absolute Gasteiger partial charge is 0.329 e. The molecule has 0 radical (unpaired) electrons. The summed E-state index contributed by atoms with van der Waals surface area (Å²) in [6.07, 6.45) is 1.16. The predicted octanol–water partition coefficient (Wildman–Crippen LogP) is 1.19. The minimum absolute atomic E-state index is 0.0964. The van der Waals surface area contributed by atoms with Crippen LogP contribution in [0.15, 0.2) is 53.6 Å².